The first-order valence-electron chi connectivity index (χ1n) is 10.6. The van der Waals surface area contributed by atoms with Crippen LogP contribution in [0.15, 0.2) is 83.1 Å². The summed E-state index contributed by atoms with van der Waals surface area (Å²) in [7, 11) is -3.85. The molecular weight excluding hydrogens is 458 g/mol. The van der Waals surface area contributed by atoms with Gasteiger partial charge in [-0.05, 0) is 35.6 Å². The summed E-state index contributed by atoms with van der Waals surface area (Å²) in [4.78, 5) is 28.6. The molecule has 2 amide bonds. The zero-order valence-electron chi connectivity index (χ0n) is 18.3. The summed E-state index contributed by atoms with van der Waals surface area (Å²) in [5.41, 5.74) is 0.951. The van der Waals surface area contributed by atoms with E-state index in [4.69, 9.17) is 0 Å². The van der Waals surface area contributed by atoms with Crippen LogP contribution in [-0.4, -0.2) is 37.7 Å². The second kappa shape index (κ2) is 11.7. The van der Waals surface area contributed by atoms with Gasteiger partial charge >= 0.3 is 0 Å². The molecule has 2 N–H and O–H groups in total. The zero-order chi connectivity index (χ0) is 23.7. The van der Waals surface area contributed by atoms with E-state index in [2.05, 4.69) is 10.0 Å². The highest BCUT2D eigenvalue weighted by atomic mass is 32.2. The Morgan fingerprint density at radius 3 is 2.24 bits per heavy atom. The van der Waals surface area contributed by atoms with Gasteiger partial charge in [-0.3, -0.25) is 9.59 Å². The third-order valence-corrected chi connectivity index (χ3v) is 7.35. The van der Waals surface area contributed by atoms with Gasteiger partial charge in [0.25, 0.3) is 0 Å². The minimum absolute atomic E-state index is 0.0789. The van der Waals surface area contributed by atoms with Gasteiger partial charge in [-0.25, -0.2) is 13.1 Å². The number of hydrogen-bond donors (Lipinski definition) is 2. The van der Waals surface area contributed by atoms with Crippen LogP contribution in [0.2, 0.25) is 0 Å². The molecule has 9 heteroatoms. The normalized spacial score (nSPS) is 12.2. The van der Waals surface area contributed by atoms with Crippen LogP contribution in [0.4, 0.5) is 0 Å². The average molecular weight is 486 g/mol. The molecule has 174 valence electrons. The first-order valence-corrected chi connectivity index (χ1v) is 12.9. The number of thiophene rings is 1. The molecule has 0 saturated carbocycles. The average Bonchev–Trinajstić information content (AvgIpc) is 3.35. The Bertz CT molecular complexity index is 1130. The van der Waals surface area contributed by atoms with Gasteiger partial charge in [0, 0.05) is 11.4 Å². The van der Waals surface area contributed by atoms with Crippen LogP contribution < -0.4 is 10.0 Å². The lowest BCUT2D eigenvalue weighted by molar-refractivity contribution is -0.140. The standard InChI is InChI=1S/C24H27N3O4S2/c1-2-22(24(29)25-16-19-10-5-3-6-11-19)27(18-20-12-9-15-32-20)23(28)17-26-33(30,31)21-13-7-4-8-14-21/h3-15,22,26H,2,16-18H2,1H3,(H,25,29)/t22-/m1/s1. The van der Waals surface area contributed by atoms with Crippen molar-refractivity contribution in [1.29, 1.82) is 0 Å². The summed E-state index contributed by atoms with van der Waals surface area (Å²) in [6.07, 6.45) is 0.392. The van der Waals surface area contributed by atoms with E-state index in [1.54, 1.807) is 18.2 Å². The van der Waals surface area contributed by atoms with Crippen LogP contribution in [0.1, 0.15) is 23.8 Å². The summed E-state index contributed by atoms with van der Waals surface area (Å²) >= 11 is 1.47. The van der Waals surface area contributed by atoms with Gasteiger partial charge in [-0.15, -0.1) is 11.3 Å². The van der Waals surface area contributed by atoms with Crippen molar-refractivity contribution in [3.05, 3.63) is 88.6 Å². The maximum Gasteiger partial charge on any atom is 0.243 e. The van der Waals surface area contributed by atoms with Gasteiger partial charge in [0.15, 0.2) is 0 Å². The summed E-state index contributed by atoms with van der Waals surface area (Å²) in [5.74, 6) is -0.748. The molecule has 1 atom stereocenters. The second-order valence-electron chi connectivity index (χ2n) is 7.37. The number of benzene rings is 2. The van der Waals surface area contributed by atoms with Gasteiger partial charge in [-0.2, -0.15) is 0 Å². The fourth-order valence-corrected chi connectivity index (χ4v) is 5.03. The number of nitrogens with one attached hydrogen (secondary N) is 2. The van der Waals surface area contributed by atoms with Gasteiger partial charge in [0.05, 0.1) is 18.0 Å². The quantitative estimate of drug-likeness (QED) is 0.436. The minimum Gasteiger partial charge on any atom is -0.350 e. The van der Waals surface area contributed by atoms with Crippen molar-refractivity contribution in [3.8, 4) is 0 Å². The lowest BCUT2D eigenvalue weighted by atomic mass is 10.1. The summed E-state index contributed by atoms with van der Waals surface area (Å²) in [6, 6.07) is 20.4. The fourth-order valence-electron chi connectivity index (χ4n) is 3.33. The predicted octanol–water partition coefficient (Wildman–Crippen LogP) is 3.15. The lowest BCUT2D eigenvalue weighted by Gasteiger charge is -2.30. The van der Waals surface area contributed by atoms with Gasteiger partial charge in [0.2, 0.25) is 21.8 Å². The molecule has 0 unspecified atom stereocenters. The van der Waals surface area contributed by atoms with E-state index in [0.29, 0.717) is 13.0 Å². The number of carbonyl (C=O) groups excluding carboxylic acids is 2. The monoisotopic (exact) mass is 485 g/mol. The smallest absolute Gasteiger partial charge is 0.243 e. The van der Waals surface area contributed by atoms with Crippen LogP contribution in [0.3, 0.4) is 0 Å². The molecule has 0 aliphatic heterocycles. The van der Waals surface area contributed by atoms with Crippen LogP contribution in [0.5, 0.6) is 0 Å². The van der Waals surface area contributed by atoms with Crippen LogP contribution in [0.25, 0.3) is 0 Å². The first-order chi connectivity index (χ1) is 15.9. The molecule has 1 aromatic heterocycles. The van der Waals surface area contributed by atoms with E-state index in [1.165, 1.54) is 28.4 Å². The Morgan fingerprint density at radius 2 is 1.64 bits per heavy atom. The zero-order valence-corrected chi connectivity index (χ0v) is 19.9. The molecule has 0 bridgehead atoms. The second-order valence-corrected chi connectivity index (χ2v) is 10.2. The largest absolute Gasteiger partial charge is 0.350 e. The van der Waals surface area contributed by atoms with E-state index >= 15 is 0 Å². The number of hydrogen-bond acceptors (Lipinski definition) is 5. The molecule has 0 aliphatic rings. The summed E-state index contributed by atoms with van der Waals surface area (Å²) in [6.45, 7) is 1.96. The van der Waals surface area contributed by atoms with Crippen molar-refractivity contribution < 1.29 is 18.0 Å². The van der Waals surface area contributed by atoms with E-state index in [9.17, 15) is 18.0 Å². The van der Waals surface area contributed by atoms with Gasteiger partial charge in [-0.1, -0.05) is 61.5 Å². The van der Waals surface area contributed by atoms with Crippen molar-refractivity contribution in [3.63, 3.8) is 0 Å². The molecule has 0 spiro atoms. The van der Waals surface area contributed by atoms with Gasteiger partial charge in [0.1, 0.15) is 6.04 Å². The van der Waals surface area contributed by atoms with Crippen molar-refractivity contribution >= 4 is 33.2 Å². The third kappa shape index (κ3) is 6.98. The molecule has 0 aliphatic carbocycles. The highest BCUT2D eigenvalue weighted by Crippen LogP contribution is 2.17. The molecule has 0 radical (unpaired) electrons. The molecule has 2 aromatic carbocycles. The van der Waals surface area contributed by atoms with Crippen LogP contribution in [-0.2, 0) is 32.7 Å². The van der Waals surface area contributed by atoms with Crippen molar-refractivity contribution in [2.24, 2.45) is 0 Å². The van der Waals surface area contributed by atoms with Crippen molar-refractivity contribution in [1.82, 2.24) is 14.9 Å². The lowest BCUT2D eigenvalue weighted by Crippen LogP contribution is -2.51. The Kier molecular flexibility index (Phi) is 8.76. The Hall–Kier alpha value is -3.01. The van der Waals surface area contributed by atoms with E-state index in [1.807, 2.05) is 54.8 Å². The number of amides is 2. The SMILES string of the molecule is CC[C@H](C(=O)NCc1ccccc1)N(Cc1cccs1)C(=O)CNS(=O)(=O)c1ccccc1. The maximum atomic E-state index is 13.2. The molecule has 0 fully saturated rings. The van der Waals surface area contributed by atoms with Gasteiger partial charge < -0.3 is 10.2 Å². The molecular formula is C24H27N3O4S2. The fraction of sp³-hybridized carbons (Fsp3) is 0.250. The Morgan fingerprint density at radius 1 is 0.970 bits per heavy atom. The van der Waals surface area contributed by atoms with Crippen molar-refractivity contribution in [2.75, 3.05) is 6.54 Å². The van der Waals surface area contributed by atoms with E-state index in [0.717, 1.165) is 10.4 Å². The molecule has 1 heterocycles. The molecule has 3 aromatic rings. The number of carbonyl (C=O) groups is 2. The van der Waals surface area contributed by atoms with Crippen LogP contribution in [0, 0.1) is 0 Å². The summed E-state index contributed by atoms with van der Waals surface area (Å²) in [5, 5.41) is 4.79. The van der Waals surface area contributed by atoms with E-state index < -0.39 is 28.5 Å². The highest BCUT2D eigenvalue weighted by molar-refractivity contribution is 7.89. The number of nitrogens with zero attached hydrogens (tertiary/aromatic N) is 1. The number of sulfonamides is 1. The first kappa shape index (κ1) is 24.6. The molecule has 3 rings (SSSR count). The Balaban J connectivity index is 1.73. The number of rotatable bonds is 11. The predicted molar refractivity (Wildman–Crippen MR) is 129 cm³/mol. The van der Waals surface area contributed by atoms with Crippen LogP contribution >= 0.6 is 11.3 Å². The summed E-state index contributed by atoms with van der Waals surface area (Å²) < 4.78 is 27.5. The third-order valence-electron chi connectivity index (χ3n) is 5.07. The highest BCUT2D eigenvalue weighted by Gasteiger charge is 2.29. The molecule has 0 saturated heterocycles. The molecule has 33 heavy (non-hydrogen) atoms. The van der Waals surface area contributed by atoms with E-state index in [-0.39, 0.29) is 17.3 Å². The maximum absolute atomic E-state index is 13.2. The molecule has 7 nitrogen and oxygen atoms in total. The Labute approximate surface area is 198 Å². The van der Waals surface area contributed by atoms with Crippen molar-refractivity contribution in [2.45, 2.75) is 37.4 Å². The topological polar surface area (TPSA) is 95.6 Å². The minimum atomic E-state index is -3.85.